The van der Waals surface area contributed by atoms with E-state index in [4.69, 9.17) is 9.47 Å². The number of fused-ring (bicyclic) bond motifs is 1. The Morgan fingerprint density at radius 1 is 1.08 bits per heavy atom. The average Bonchev–Trinajstić information content (AvgIpc) is 3.31. The van der Waals surface area contributed by atoms with Gasteiger partial charge in [0, 0.05) is 18.2 Å². The monoisotopic (exact) mass is 542 g/mol. The number of sulfonamides is 1. The average molecular weight is 543 g/mol. The molecule has 196 valence electrons. The van der Waals surface area contributed by atoms with Gasteiger partial charge in [0.15, 0.2) is 0 Å². The van der Waals surface area contributed by atoms with Crippen LogP contribution >= 0.6 is 12.6 Å². The largest absolute Gasteiger partial charge is 0.494 e. The summed E-state index contributed by atoms with van der Waals surface area (Å²) in [4.78, 5) is 26.0. The minimum Gasteiger partial charge on any atom is -0.494 e. The predicted octanol–water partition coefficient (Wildman–Crippen LogP) is 3.20. The molecule has 4 rings (SSSR count). The fraction of sp³-hybridized carbons (Fsp3) is 0.333. The van der Waals surface area contributed by atoms with Gasteiger partial charge in [-0.25, -0.2) is 13.2 Å². The number of hydrogen-bond acceptors (Lipinski definition) is 7. The topological polar surface area (TPSA) is 102 Å². The number of esters is 1. The zero-order valence-electron chi connectivity index (χ0n) is 20.7. The molecular weight excluding hydrogens is 512 g/mol. The van der Waals surface area contributed by atoms with Crippen LogP contribution in [-0.2, 0) is 30.8 Å². The van der Waals surface area contributed by atoms with Gasteiger partial charge in [0.25, 0.3) is 0 Å². The maximum Gasteiger partial charge on any atom is 0.328 e. The van der Waals surface area contributed by atoms with Crippen molar-refractivity contribution in [2.24, 2.45) is 0 Å². The van der Waals surface area contributed by atoms with Crippen molar-refractivity contribution in [3.8, 4) is 5.75 Å². The zero-order valence-corrected chi connectivity index (χ0v) is 22.4. The van der Waals surface area contributed by atoms with Gasteiger partial charge < -0.3 is 14.8 Å². The minimum absolute atomic E-state index is 0.0815. The Bertz CT molecular complexity index is 1380. The molecule has 10 heteroatoms. The number of nitrogens with zero attached hydrogens (tertiary/aromatic N) is 1. The third-order valence-electron chi connectivity index (χ3n) is 6.34. The molecule has 0 bridgehead atoms. The van der Waals surface area contributed by atoms with E-state index in [2.05, 4.69) is 17.9 Å². The quantitative estimate of drug-likeness (QED) is 0.318. The zero-order chi connectivity index (χ0) is 26.6. The molecule has 3 aromatic rings. The van der Waals surface area contributed by atoms with Crippen molar-refractivity contribution >= 4 is 45.3 Å². The molecule has 0 radical (unpaired) electrons. The second kappa shape index (κ2) is 11.5. The van der Waals surface area contributed by atoms with Crippen molar-refractivity contribution in [2.75, 3.05) is 20.3 Å². The molecule has 1 aliphatic rings. The number of methoxy groups -OCH3 is 1. The highest BCUT2D eigenvalue weighted by Crippen LogP contribution is 2.30. The van der Waals surface area contributed by atoms with Crippen LogP contribution in [0.3, 0.4) is 0 Å². The normalized spacial score (nSPS) is 18.9. The van der Waals surface area contributed by atoms with Crippen molar-refractivity contribution in [1.29, 1.82) is 0 Å². The van der Waals surface area contributed by atoms with Gasteiger partial charge in [-0.1, -0.05) is 42.5 Å². The molecule has 8 nitrogen and oxygen atoms in total. The Morgan fingerprint density at radius 2 is 1.78 bits per heavy atom. The summed E-state index contributed by atoms with van der Waals surface area (Å²) in [5, 5.41) is 4.09. The lowest BCUT2D eigenvalue weighted by atomic mass is 10.0. The molecule has 1 amide bonds. The van der Waals surface area contributed by atoms with Crippen LogP contribution in [0.25, 0.3) is 10.8 Å². The Labute approximate surface area is 222 Å². The first-order valence-corrected chi connectivity index (χ1v) is 14.0. The fourth-order valence-electron chi connectivity index (χ4n) is 4.48. The number of ether oxygens (including phenoxy) is 2. The lowest BCUT2D eigenvalue weighted by Crippen LogP contribution is -2.51. The Hall–Kier alpha value is -3.08. The first-order chi connectivity index (χ1) is 17.7. The maximum atomic E-state index is 13.6. The van der Waals surface area contributed by atoms with Crippen LogP contribution in [0.15, 0.2) is 71.6 Å². The van der Waals surface area contributed by atoms with Crippen molar-refractivity contribution in [3.05, 3.63) is 72.3 Å². The summed E-state index contributed by atoms with van der Waals surface area (Å²) in [5.74, 6) is -0.487. The summed E-state index contributed by atoms with van der Waals surface area (Å²) in [6.07, 6.45) is 0.401. The molecule has 1 saturated heterocycles. The lowest BCUT2D eigenvalue weighted by molar-refractivity contribution is -0.145. The van der Waals surface area contributed by atoms with Gasteiger partial charge in [-0.2, -0.15) is 16.9 Å². The van der Waals surface area contributed by atoms with Gasteiger partial charge in [-0.15, -0.1) is 0 Å². The van der Waals surface area contributed by atoms with Gasteiger partial charge >= 0.3 is 5.97 Å². The van der Waals surface area contributed by atoms with Crippen LogP contribution in [0.5, 0.6) is 5.75 Å². The Morgan fingerprint density at radius 3 is 2.46 bits per heavy atom. The van der Waals surface area contributed by atoms with Gasteiger partial charge in [0.05, 0.1) is 18.6 Å². The summed E-state index contributed by atoms with van der Waals surface area (Å²) in [6, 6.07) is 17.6. The van der Waals surface area contributed by atoms with Gasteiger partial charge in [0.2, 0.25) is 15.9 Å². The highest BCUT2D eigenvalue weighted by molar-refractivity contribution is 7.89. The second-order valence-electron chi connectivity index (χ2n) is 8.85. The summed E-state index contributed by atoms with van der Waals surface area (Å²) in [7, 11) is -2.75. The highest BCUT2D eigenvalue weighted by Gasteiger charge is 2.43. The van der Waals surface area contributed by atoms with Gasteiger partial charge in [-0.05, 0) is 53.9 Å². The van der Waals surface area contributed by atoms with Crippen molar-refractivity contribution in [2.45, 2.75) is 42.0 Å². The van der Waals surface area contributed by atoms with Crippen molar-refractivity contribution in [1.82, 2.24) is 9.62 Å². The van der Waals surface area contributed by atoms with Crippen LogP contribution in [0.4, 0.5) is 0 Å². The third-order valence-corrected chi connectivity index (χ3v) is 8.58. The number of thiol groups is 1. The number of benzene rings is 3. The molecule has 3 aromatic carbocycles. The molecule has 1 aliphatic heterocycles. The summed E-state index contributed by atoms with van der Waals surface area (Å²) in [6.45, 7) is 2.50. The summed E-state index contributed by atoms with van der Waals surface area (Å²) in [5.41, 5.74) is 0.790. The second-order valence-corrected chi connectivity index (χ2v) is 11.5. The van der Waals surface area contributed by atoms with Crippen molar-refractivity contribution in [3.63, 3.8) is 0 Å². The fourth-order valence-corrected chi connectivity index (χ4v) is 6.64. The molecule has 0 unspecified atom stereocenters. The van der Waals surface area contributed by atoms with E-state index in [1.165, 1.54) is 11.4 Å². The standard InChI is InChI=1S/C27H30N2O6S2/c1-3-35-21-11-8-18(9-12-21)14-24(27(31)34-2)28-26(30)25-16-22(36)17-29(25)37(32,33)23-13-10-19-6-4-5-7-20(19)15-23/h4-13,15,22,24-25,36H,3,14,16-17H2,1-2H3,(H,28,30)/t22-,24-,25-/m0/s1. The number of carbonyl (C=O) groups excluding carboxylic acids is 2. The van der Waals surface area contributed by atoms with Crippen LogP contribution in [0.2, 0.25) is 0 Å². The van der Waals surface area contributed by atoms with E-state index < -0.39 is 34.0 Å². The van der Waals surface area contributed by atoms with E-state index in [0.29, 0.717) is 12.4 Å². The molecule has 0 aliphatic carbocycles. The molecule has 1 fully saturated rings. The number of hydrogen-bond donors (Lipinski definition) is 2. The van der Waals surface area contributed by atoms with Crippen molar-refractivity contribution < 1.29 is 27.5 Å². The molecule has 0 saturated carbocycles. The maximum absolute atomic E-state index is 13.6. The van der Waals surface area contributed by atoms with Crippen LogP contribution < -0.4 is 10.1 Å². The highest BCUT2D eigenvalue weighted by atomic mass is 32.2. The molecule has 0 aromatic heterocycles. The minimum atomic E-state index is -3.99. The van der Waals surface area contributed by atoms with E-state index >= 15 is 0 Å². The van der Waals surface area contributed by atoms with Crippen LogP contribution in [-0.4, -0.2) is 62.2 Å². The van der Waals surface area contributed by atoms with E-state index in [1.807, 2.05) is 43.3 Å². The van der Waals surface area contributed by atoms with Gasteiger partial charge in [-0.3, -0.25) is 4.79 Å². The first-order valence-electron chi connectivity index (χ1n) is 12.0. The van der Waals surface area contributed by atoms with Gasteiger partial charge in [0.1, 0.15) is 17.8 Å². The molecular formula is C27H30N2O6S2. The van der Waals surface area contributed by atoms with E-state index in [0.717, 1.165) is 16.3 Å². The van der Waals surface area contributed by atoms with Crippen LogP contribution in [0.1, 0.15) is 18.9 Å². The SMILES string of the molecule is CCOc1ccc(C[C@H](NC(=O)[C@@H]2C[C@H](S)CN2S(=O)(=O)c2ccc3ccccc3c2)C(=O)OC)cc1. The number of rotatable bonds is 9. The van der Waals surface area contributed by atoms with Crippen LogP contribution in [0, 0.1) is 0 Å². The smallest absolute Gasteiger partial charge is 0.328 e. The lowest BCUT2D eigenvalue weighted by Gasteiger charge is -2.25. The molecule has 0 spiro atoms. The number of nitrogens with one attached hydrogen (secondary N) is 1. The summed E-state index contributed by atoms with van der Waals surface area (Å²) < 4.78 is 38.7. The number of carbonyl (C=O) groups is 2. The summed E-state index contributed by atoms with van der Waals surface area (Å²) >= 11 is 4.48. The van der Waals surface area contributed by atoms with E-state index in [9.17, 15) is 18.0 Å². The Kier molecular flexibility index (Phi) is 8.41. The Balaban J connectivity index is 1.55. The predicted molar refractivity (Wildman–Crippen MR) is 144 cm³/mol. The van der Waals surface area contributed by atoms with E-state index in [1.54, 1.807) is 30.3 Å². The molecule has 3 atom stereocenters. The van der Waals surface area contributed by atoms with E-state index in [-0.39, 0.29) is 29.5 Å². The molecule has 1 heterocycles. The number of amides is 1. The molecule has 1 N–H and O–H groups in total. The molecule has 37 heavy (non-hydrogen) atoms. The first kappa shape index (κ1) is 27.0. The third kappa shape index (κ3) is 6.08.